The summed E-state index contributed by atoms with van der Waals surface area (Å²) < 4.78 is 26.2. The second-order valence-electron chi connectivity index (χ2n) is 4.85. The molecule has 0 bridgehead atoms. The summed E-state index contributed by atoms with van der Waals surface area (Å²) in [6.45, 7) is 5.13. The number of amides is 1. The Hall–Kier alpha value is -1.94. The van der Waals surface area contributed by atoms with Crippen LogP contribution in [0.3, 0.4) is 0 Å². The van der Waals surface area contributed by atoms with Gasteiger partial charge >= 0.3 is 5.97 Å². The third-order valence-electron chi connectivity index (χ3n) is 2.49. The quantitative estimate of drug-likeness (QED) is 0.532. The Balaban J connectivity index is 2.81. The maximum Gasteiger partial charge on any atom is 0.357 e. The van der Waals surface area contributed by atoms with E-state index in [1.807, 2.05) is 13.8 Å². The van der Waals surface area contributed by atoms with Gasteiger partial charge in [-0.1, -0.05) is 13.8 Å². The average Bonchev–Trinajstić information content (AvgIpc) is 2.77. The second-order valence-corrected chi connectivity index (χ2v) is 6.56. The topological polar surface area (TPSA) is 141 Å². The van der Waals surface area contributed by atoms with Crippen LogP contribution in [-0.2, 0) is 14.8 Å². The number of aromatic nitrogens is 2. The van der Waals surface area contributed by atoms with Gasteiger partial charge in [-0.3, -0.25) is 9.89 Å². The molecule has 0 saturated carbocycles. The van der Waals surface area contributed by atoms with Gasteiger partial charge in [-0.05, 0) is 12.8 Å². The average molecular weight is 318 g/mol. The largest absolute Gasteiger partial charge is 0.476 e. The minimum atomic E-state index is -4.14. The van der Waals surface area contributed by atoms with Crippen LogP contribution in [0.25, 0.3) is 0 Å². The van der Waals surface area contributed by atoms with Crippen molar-refractivity contribution in [1.82, 2.24) is 20.2 Å². The molecule has 1 rings (SSSR count). The number of rotatable bonds is 7. The Morgan fingerprint density at radius 3 is 2.52 bits per heavy atom. The van der Waals surface area contributed by atoms with Gasteiger partial charge in [-0.2, -0.15) is 5.10 Å². The van der Waals surface area contributed by atoms with Gasteiger partial charge in [0.05, 0.1) is 12.2 Å². The molecule has 1 amide bonds. The number of nitrogens with zero attached hydrogens (tertiary/aromatic N) is 1. The molecule has 9 nitrogen and oxygen atoms in total. The molecule has 0 fully saturated rings. The Bertz CT molecular complexity index is 635. The zero-order valence-corrected chi connectivity index (χ0v) is 12.7. The van der Waals surface area contributed by atoms with Gasteiger partial charge in [-0.15, -0.1) is 0 Å². The number of hydrogen-bond donors (Lipinski definition) is 4. The highest BCUT2D eigenvalue weighted by Crippen LogP contribution is 2.17. The molecule has 1 aromatic heterocycles. The molecule has 4 N–H and O–H groups in total. The van der Waals surface area contributed by atoms with Crippen LogP contribution in [0.2, 0.25) is 0 Å². The first kappa shape index (κ1) is 17.1. The van der Waals surface area contributed by atoms with E-state index >= 15 is 0 Å². The summed E-state index contributed by atoms with van der Waals surface area (Å²) in [5, 5.41) is 17.2. The number of carboxylic acid groups (broad SMARTS) is 1. The van der Waals surface area contributed by atoms with Crippen molar-refractivity contribution >= 4 is 21.9 Å². The van der Waals surface area contributed by atoms with Crippen molar-refractivity contribution in [3.8, 4) is 0 Å². The normalized spacial score (nSPS) is 11.6. The number of carboxylic acids is 1. The van der Waals surface area contributed by atoms with Crippen molar-refractivity contribution < 1.29 is 23.1 Å². The van der Waals surface area contributed by atoms with Gasteiger partial charge < -0.3 is 10.4 Å². The van der Waals surface area contributed by atoms with E-state index in [0.717, 1.165) is 0 Å². The summed E-state index contributed by atoms with van der Waals surface area (Å²) in [6, 6.07) is 0. The molecule has 0 aliphatic rings. The Kier molecular flexibility index (Phi) is 5.44. The van der Waals surface area contributed by atoms with Crippen LogP contribution >= 0.6 is 0 Å². The molecule has 118 valence electrons. The lowest BCUT2D eigenvalue weighted by Crippen LogP contribution is -2.38. The summed E-state index contributed by atoms with van der Waals surface area (Å²) in [5.41, 5.74) is -0.523. The standard InChI is InChI=1S/C11H18N4O5S/c1-6(2)4-12-8(16)5-13-21(19,20)10-7(3)14-15-9(10)11(17)18/h6,13H,4-5H2,1-3H3,(H,12,16)(H,14,15)(H,17,18). The van der Waals surface area contributed by atoms with Crippen LogP contribution in [0.1, 0.15) is 30.0 Å². The fourth-order valence-electron chi connectivity index (χ4n) is 1.51. The van der Waals surface area contributed by atoms with E-state index in [1.165, 1.54) is 6.92 Å². The number of sulfonamides is 1. The number of hydrogen-bond acceptors (Lipinski definition) is 5. The zero-order chi connectivity index (χ0) is 16.2. The van der Waals surface area contributed by atoms with E-state index in [0.29, 0.717) is 6.54 Å². The first-order chi connectivity index (χ1) is 9.65. The molecule has 0 aliphatic carbocycles. The van der Waals surface area contributed by atoms with Crippen LogP contribution in [0, 0.1) is 12.8 Å². The van der Waals surface area contributed by atoms with Gasteiger partial charge in [0, 0.05) is 6.54 Å². The third kappa shape index (κ3) is 4.53. The molecule has 0 spiro atoms. The maximum atomic E-state index is 12.1. The van der Waals surface area contributed by atoms with Crippen molar-refractivity contribution in [1.29, 1.82) is 0 Å². The summed E-state index contributed by atoms with van der Waals surface area (Å²) in [7, 11) is -4.14. The highest BCUT2D eigenvalue weighted by atomic mass is 32.2. The lowest BCUT2D eigenvalue weighted by atomic mass is 10.2. The number of aromatic carboxylic acids is 1. The highest BCUT2D eigenvalue weighted by molar-refractivity contribution is 7.89. The maximum absolute atomic E-state index is 12.1. The predicted octanol–water partition coefficient (Wildman–Crippen LogP) is -0.533. The van der Waals surface area contributed by atoms with Crippen molar-refractivity contribution in [3.05, 3.63) is 11.4 Å². The summed E-state index contributed by atoms with van der Waals surface area (Å²) in [6.07, 6.45) is 0. The molecule has 0 radical (unpaired) electrons. The lowest BCUT2D eigenvalue weighted by molar-refractivity contribution is -0.120. The fraction of sp³-hybridized carbons (Fsp3) is 0.545. The second kappa shape index (κ2) is 6.68. The molecule has 0 atom stereocenters. The van der Waals surface area contributed by atoms with Gasteiger partial charge in [0.25, 0.3) is 0 Å². The molecular weight excluding hydrogens is 300 g/mol. The number of carbonyl (C=O) groups is 2. The molecule has 1 heterocycles. The van der Waals surface area contributed by atoms with Crippen LogP contribution in [0.4, 0.5) is 0 Å². The van der Waals surface area contributed by atoms with E-state index in [2.05, 4.69) is 20.2 Å². The van der Waals surface area contributed by atoms with Crippen LogP contribution in [-0.4, -0.2) is 48.7 Å². The highest BCUT2D eigenvalue weighted by Gasteiger charge is 2.28. The number of aromatic amines is 1. The minimum absolute atomic E-state index is 0.0856. The van der Waals surface area contributed by atoms with Crippen LogP contribution in [0.15, 0.2) is 4.90 Å². The number of aryl methyl sites for hydroxylation is 1. The van der Waals surface area contributed by atoms with E-state index < -0.39 is 39.0 Å². The molecule has 0 unspecified atom stereocenters. The SMILES string of the molecule is Cc1[nH]nc(C(=O)O)c1S(=O)(=O)NCC(=O)NCC(C)C. The van der Waals surface area contributed by atoms with Gasteiger partial charge in [-0.25, -0.2) is 17.9 Å². The first-order valence-electron chi connectivity index (χ1n) is 6.19. The summed E-state index contributed by atoms with van der Waals surface area (Å²) in [4.78, 5) is 22.0. The monoisotopic (exact) mass is 318 g/mol. The van der Waals surface area contributed by atoms with Gasteiger partial charge in [0.15, 0.2) is 5.69 Å². The van der Waals surface area contributed by atoms with Crippen molar-refractivity contribution in [2.24, 2.45) is 5.92 Å². The Morgan fingerprint density at radius 1 is 1.38 bits per heavy atom. The van der Waals surface area contributed by atoms with Crippen molar-refractivity contribution in [3.63, 3.8) is 0 Å². The Labute approximate surface area is 122 Å². The molecule has 1 aromatic rings. The summed E-state index contributed by atoms with van der Waals surface area (Å²) in [5.74, 6) is -1.73. The van der Waals surface area contributed by atoms with Gasteiger partial charge in [0.1, 0.15) is 4.90 Å². The fourth-order valence-corrected chi connectivity index (χ4v) is 2.81. The Morgan fingerprint density at radius 2 is 2.00 bits per heavy atom. The summed E-state index contributed by atoms with van der Waals surface area (Å²) >= 11 is 0. The van der Waals surface area contributed by atoms with E-state index in [-0.39, 0.29) is 11.6 Å². The minimum Gasteiger partial charge on any atom is -0.476 e. The lowest BCUT2D eigenvalue weighted by Gasteiger charge is -2.09. The van der Waals surface area contributed by atoms with Crippen molar-refractivity contribution in [2.45, 2.75) is 25.7 Å². The van der Waals surface area contributed by atoms with Gasteiger partial charge in [0.2, 0.25) is 15.9 Å². The number of H-pyrrole nitrogens is 1. The third-order valence-corrected chi connectivity index (χ3v) is 4.05. The molecule has 0 aromatic carbocycles. The zero-order valence-electron chi connectivity index (χ0n) is 11.9. The molecule has 0 saturated heterocycles. The van der Waals surface area contributed by atoms with Crippen LogP contribution in [0.5, 0.6) is 0 Å². The molecule has 21 heavy (non-hydrogen) atoms. The molecular formula is C11H18N4O5S. The van der Waals surface area contributed by atoms with Crippen LogP contribution < -0.4 is 10.0 Å². The smallest absolute Gasteiger partial charge is 0.357 e. The number of nitrogens with one attached hydrogen (secondary N) is 3. The van der Waals surface area contributed by atoms with E-state index in [1.54, 1.807) is 0 Å². The van der Waals surface area contributed by atoms with E-state index in [4.69, 9.17) is 5.11 Å². The molecule has 0 aliphatic heterocycles. The number of carbonyl (C=O) groups excluding carboxylic acids is 1. The van der Waals surface area contributed by atoms with E-state index in [9.17, 15) is 18.0 Å². The molecule has 10 heteroatoms. The predicted molar refractivity (Wildman–Crippen MR) is 73.3 cm³/mol. The first-order valence-corrected chi connectivity index (χ1v) is 7.68. The van der Waals surface area contributed by atoms with Crippen molar-refractivity contribution in [2.75, 3.05) is 13.1 Å².